The van der Waals surface area contributed by atoms with Crippen molar-refractivity contribution in [1.29, 1.82) is 0 Å². The lowest BCUT2D eigenvalue weighted by Crippen LogP contribution is -2.48. The number of amides is 1. The highest BCUT2D eigenvalue weighted by Gasteiger charge is 2.22. The number of carbonyl (C=O) groups is 1. The Hall–Kier alpha value is -2.25. The molecule has 0 radical (unpaired) electrons. The van der Waals surface area contributed by atoms with Crippen molar-refractivity contribution in [3.05, 3.63) is 53.1 Å². The molecular weight excluding hydrogens is 398 g/mol. The number of rotatable bonds is 5. The molecule has 0 saturated carbocycles. The maximum absolute atomic E-state index is 12.5. The van der Waals surface area contributed by atoms with E-state index in [1.165, 1.54) is 0 Å². The van der Waals surface area contributed by atoms with Gasteiger partial charge in [-0.2, -0.15) is 0 Å². The summed E-state index contributed by atoms with van der Waals surface area (Å²) in [4.78, 5) is 16.0. The van der Waals surface area contributed by atoms with E-state index in [-0.39, 0.29) is 10.8 Å². The van der Waals surface area contributed by atoms with Crippen LogP contribution in [0.5, 0.6) is 0 Å². The largest absolute Gasteiger partial charge is 0.367 e. The summed E-state index contributed by atoms with van der Waals surface area (Å²) >= 11 is 6.43. The molecule has 0 aromatic heterocycles. The Kier molecular flexibility index (Phi) is 6.15. The lowest BCUT2D eigenvalue weighted by atomic mass is 10.2. The molecule has 1 saturated heterocycles. The molecule has 1 fully saturated rings. The average molecular weight is 422 g/mol. The molecule has 8 heteroatoms. The standard InChI is InChI=1S/C20H24ClN3O3S/c1-3-20(25)24-12-10-23(11-13-24)19-9-6-16(14-18(19)21)22-28(26,27)17-7-4-15(2)5-8-17/h4-9,14,22H,3,10-13H2,1-2H3. The van der Waals surface area contributed by atoms with Gasteiger partial charge in [0, 0.05) is 32.6 Å². The molecule has 150 valence electrons. The normalized spacial score (nSPS) is 14.8. The Bertz CT molecular complexity index is 953. The summed E-state index contributed by atoms with van der Waals surface area (Å²) in [5.74, 6) is 0.159. The third-order valence-electron chi connectivity index (χ3n) is 4.81. The lowest BCUT2D eigenvalue weighted by molar-refractivity contribution is -0.131. The Morgan fingerprint density at radius 2 is 1.71 bits per heavy atom. The lowest BCUT2D eigenvalue weighted by Gasteiger charge is -2.36. The van der Waals surface area contributed by atoms with E-state index in [9.17, 15) is 13.2 Å². The van der Waals surface area contributed by atoms with Crippen LogP contribution in [0, 0.1) is 6.92 Å². The Balaban J connectivity index is 1.71. The van der Waals surface area contributed by atoms with Gasteiger partial charge in [0.1, 0.15) is 0 Å². The highest BCUT2D eigenvalue weighted by molar-refractivity contribution is 7.92. The first-order chi connectivity index (χ1) is 13.3. The highest BCUT2D eigenvalue weighted by Crippen LogP contribution is 2.30. The van der Waals surface area contributed by atoms with Crippen LogP contribution in [0.3, 0.4) is 0 Å². The molecule has 28 heavy (non-hydrogen) atoms. The number of anilines is 2. The van der Waals surface area contributed by atoms with E-state index in [4.69, 9.17) is 11.6 Å². The van der Waals surface area contributed by atoms with E-state index < -0.39 is 10.0 Å². The van der Waals surface area contributed by atoms with Gasteiger partial charge in [-0.25, -0.2) is 8.42 Å². The minimum atomic E-state index is -3.67. The molecule has 0 unspecified atom stereocenters. The van der Waals surface area contributed by atoms with Gasteiger partial charge < -0.3 is 9.80 Å². The minimum Gasteiger partial charge on any atom is -0.367 e. The maximum atomic E-state index is 12.5. The first-order valence-electron chi connectivity index (χ1n) is 9.22. The number of carbonyl (C=O) groups excluding carboxylic acids is 1. The van der Waals surface area contributed by atoms with Crippen LogP contribution < -0.4 is 9.62 Å². The number of benzene rings is 2. The van der Waals surface area contributed by atoms with Crippen LogP contribution in [0.25, 0.3) is 0 Å². The summed E-state index contributed by atoms with van der Waals surface area (Å²) in [7, 11) is -3.67. The van der Waals surface area contributed by atoms with Gasteiger partial charge in [0.2, 0.25) is 5.91 Å². The fourth-order valence-electron chi connectivity index (χ4n) is 3.18. The third-order valence-corrected chi connectivity index (χ3v) is 6.51. The van der Waals surface area contributed by atoms with Crippen molar-refractivity contribution in [2.75, 3.05) is 35.8 Å². The van der Waals surface area contributed by atoms with E-state index in [1.54, 1.807) is 36.4 Å². The SMILES string of the molecule is CCC(=O)N1CCN(c2ccc(NS(=O)(=O)c3ccc(C)cc3)cc2Cl)CC1. The number of piperazine rings is 1. The summed E-state index contributed by atoms with van der Waals surface area (Å²) in [6.45, 7) is 6.47. The molecule has 2 aromatic carbocycles. The van der Waals surface area contributed by atoms with Crippen LogP contribution in [0.1, 0.15) is 18.9 Å². The van der Waals surface area contributed by atoms with Crippen molar-refractivity contribution in [2.24, 2.45) is 0 Å². The molecular formula is C20H24ClN3O3S. The summed E-state index contributed by atoms with van der Waals surface area (Å²) in [6, 6.07) is 11.8. The fraction of sp³-hybridized carbons (Fsp3) is 0.350. The van der Waals surface area contributed by atoms with Crippen molar-refractivity contribution in [3.8, 4) is 0 Å². The maximum Gasteiger partial charge on any atom is 0.261 e. The second-order valence-electron chi connectivity index (χ2n) is 6.81. The van der Waals surface area contributed by atoms with Crippen LogP contribution in [-0.4, -0.2) is 45.4 Å². The molecule has 0 spiro atoms. The summed E-state index contributed by atoms with van der Waals surface area (Å²) in [5, 5.41) is 0.472. The Morgan fingerprint density at radius 3 is 2.29 bits per heavy atom. The first-order valence-corrected chi connectivity index (χ1v) is 11.1. The van der Waals surface area contributed by atoms with E-state index in [2.05, 4.69) is 9.62 Å². The summed E-state index contributed by atoms with van der Waals surface area (Å²) in [5.41, 5.74) is 2.24. The summed E-state index contributed by atoms with van der Waals surface area (Å²) < 4.78 is 27.6. The number of halogens is 1. The molecule has 0 atom stereocenters. The molecule has 2 aromatic rings. The van der Waals surface area contributed by atoms with E-state index >= 15 is 0 Å². The number of nitrogens with zero attached hydrogens (tertiary/aromatic N) is 2. The van der Waals surface area contributed by atoms with Crippen LogP contribution in [0.2, 0.25) is 5.02 Å². The minimum absolute atomic E-state index is 0.159. The monoisotopic (exact) mass is 421 g/mol. The van der Waals surface area contributed by atoms with Gasteiger partial charge in [-0.05, 0) is 37.3 Å². The van der Waals surface area contributed by atoms with Crippen LogP contribution in [-0.2, 0) is 14.8 Å². The number of aryl methyl sites for hydroxylation is 1. The Morgan fingerprint density at radius 1 is 1.07 bits per heavy atom. The van der Waals surface area contributed by atoms with Gasteiger partial charge in [0.25, 0.3) is 10.0 Å². The van der Waals surface area contributed by atoms with Crippen molar-refractivity contribution in [1.82, 2.24) is 4.90 Å². The molecule has 0 bridgehead atoms. The van der Waals surface area contributed by atoms with Crippen LogP contribution >= 0.6 is 11.6 Å². The zero-order valence-electron chi connectivity index (χ0n) is 16.0. The molecule has 6 nitrogen and oxygen atoms in total. The molecule has 1 aliphatic heterocycles. The van der Waals surface area contributed by atoms with Gasteiger partial charge in [-0.3, -0.25) is 9.52 Å². The Labute approximate surface area is 171 Å². The number of hydrogen-bond donors (Lipinski definition) is 1. The van der Waals surface area contributed by atoms with E-state index in [0.29, 0.717) is 43.3 Å². The number of nitrogens with one attached hydrogen (secondary N) is 1. The highest BCUT2D eigenvalue weighted by atomic mass is 35.5. The topological polar surface area (TPSA) is 69.7 Å². The van der Waals surface area contributed by atoms with Crippen molar-refractivity contribution in [2.45, 2.75) is 25.2 Å². The number of hydrogen-bond acceptors (Lipinski definition) is 4. The second kappa shape index (κ2) is 8.41. The zero-order valence-corrected chi connectivity index (χ0v) is 17.6. The summed E-state index contributed by atoms with van der Waals surface area (Å²) in [6.07, 6.45) is 0.510. The molecule has 1 amide bonds. The van der Waals surface area contributed by atoms with Crippen LogP contribution in [0.4, 0.5) is 11.4 Å². The molecule has 3 rings (SSSR count). The van der Waals surface area contributed by atoms with E-state index in [1.807, 2.05) is 24.8 Å². The van der Waals surface area contributed by atoms with Gasteiger partial charge in [-0.15, -0.1) is 0 Å². The fourth-order valence-corrected chi connectivity index (χ4v) is 4.53. The second-order valence-corrected chi connectivity index (χ2v) is 8.90. The zero-order chi connectivity index (χ0) is 20.3. The van der Waals surface area contributed by atoms with E-state index in [0.717, 1.165) is 11.3 Å². The number of sulfonamides is 1. The molecule has 0 aliphatic carbocycles. The predicted octanol–water partition coefficient (Wildman–Crippen LogP) is 3.51. The molecule has 1 heterocycles. The first kappa shape index (κ1) is 20.5. The van der Waals surface area contributed by atoms with Crippen molar-refractivity contribution >= 4 is 38.9 Å². The third kappa shape index (κ3) is 4.59. The predicted molar refractivity (Wildman–Crippen MR) is 113 cm³/mol. The average Bonchev–Trinajstić information content (AvgIpc) is 2.68. The van der Waals surface area contributed by atoms with Crippen molar-refractivity contribution < 1.29 is 13.2 Å². The molecule has 1 N–H and O–H groups in total. The van der Waals surface area contributed by atoms with Gasteiger partial charge in [0.05, 0.1) is 21.3 Å². The quantitative estimate of drug-likeness (QED) is 0.802. The van der Waals surface area contributed by atoms with Crippen molar-refractivity contribution in [3.63, 3.8) is 0 Å². The smallest absolute Gasteiger partial charge is 0.261 e. The van der Waals surface area contributed by atoms with Gasteiger partial charge in [0.15, 0.2) is 0 Å². The van der Waals surface area contributed by atoms with Gasteiger partial charge in [-0.1, -0.05) is 36.2 Å². The van der Waals surface area contributed by atoms with Gasteiger partial charge >= 0.3 is 0 Å². The molecule has 1 aliphatic rings. The van der Waals surface area contributed by atoms with Crippen LogP contribution in [0.15, 0.2) is 47.4 Å².